The summed E-state index contributed by atoms with van der Waals surface area (Å²) in [4.78, 5) is 4.09. The fourth-order valence-electron chi connectivity index (χ4n) is 1.34. The van der Waals surface area contributed by atoms with E-state index < -0.39 is 0 Å². The Balaban J connectivity index is 2.31. The first-order chi connectivity index (χ1) is 8.08. The molecule has 0 saturated carbocycles. The molecule has 0 aliphatic heterocycles. The summed E-state index contributed by atoms with van der Waals surface area (Å²) in [6, 6.07) is 6.61. The van der Waals surface area contributed by atoms with Gasteiger partial charge < -0.3 is 4.74 Å². The van der Waals surface area contributed by atoms with E-state index in [2.05, 4.69) is 20.9 Å². The molecule has 0 N–H and O–H groups in total. The molecular weight excluding hydrogens is 285 g/mol. The molecule has 0 aliphatic rings. The van der Waals surface area contributed by atoms with Crippen LogP contribution in [0.1, 0.15) is 11.1 Å². The predicted molar refractivity (Wildman–Crippen MR) is 67.9 cm³/mol. The SMILES string of the molecule is Cc1ccc(Oc2nccc(C)c2Br)cc1F. The number of aryl methyl sites for hydroxylation is 2. The van der Waals surface area contributed by atoms with Gasteiger partial charge in [0.05, 0.1) is 4.47 Å². The average molecular weight is 296 g/mol. The topological polar surface area (TPSA) is 22.1 Å². The van der Waals surface area contributed by atoms with Crippen molar-refractivity contribution in [3.63, 3.8) is 0 Å². The number of aromatic nitrogens is 1. The summed E-state index contributed by atoms with van der Waals surface area (Å²) in [7, 11) is 0. The number of benzene rings is 1. The zero-order valence-corrected chi connectivity index (χ0v) is 11.1. The highest BCUT2D eigenvalue weighted by Crippen LogP contribution is 2.30. The lowest BCUT2D eigenvalue weighted by Crippen LogP contribution is -1.92. The van der Waals surface area contributed by atoms with E-state index in [-0.39, 0.29) is 5.82 Å². The van der Waals surface area contributed by atoms with E-state index in [4.69, 9.17) is 4.74 Å². The highest BCUT2D eigenvalue weighted by atomic mass is 79.9. The Hall–Kier alpha value is -1.42. The zero-order valence-electron chi connectivity index (χ0n) is 9.50. The molecule has 0 saturated heterocycles. The smallest absolute Gasteiger partial charge is 0.233 e. The normalized spacial score (nSPS) is 10.4. The van der Waals surface area contributed by atoms with Crippen LogP contribution in [0.25, 0.3) is 0 Å². The van der Waals surface area contributed by atoms with Crippen LogP contribution < -0.4 is 4.74 Å². The standard InChI is InChI=1S/C13H11BrFNO/c1-8-3-4-10(7-11(8)15)17-13-12(14)9(2)5-6-16-13/h3-7H,1-2H3. The van der Waals surface area contributed by atoms with Gasteiger partial charge in [-0.1, -0.05) is 6.07 Å². The minimum absolute atomic E-state index is 0.286. The van der Waals surface area contributed by atoms with Gasteiger partial charge in [0.1, 0.15) is 11.6 Å². The van der Waals surface area contributed by atoms with Crippen molar-refractivity contribution in [2.75, 3.05) is 0 Å². The van der Waals surface area contributed by atoms with Gasteiger partial charge in [-0.15, -0.1) is 0 Å². The number of hydrogen-bond donors (Lipinski definition) is 0. The maximum atomic E-state index is 13.3. The molecule has 2 rings (SSSR count). The minimum Gasteiger partial charge on any atom is -0.438 e. The number of ether oxygens (including phenoxy) is 1. The van der Waals surface area contributed by atoms with Crippen molar-refractivity contribution < 1.29 is 9.13 Å². The molecule has 1 aromatic carbocycles. The second kappa shape index (κ2) is 4.84. The van der Waals surface area contributed by atoms with Crippen molar-refractivity contribution >= 4 is 15.9 Å². The monoisotopic (exact) mass is 295 g/mol. The molecule has 1 aromatic heterocycles. The van der Waals surface area contributed by atoms with E-state index in [9.17, 15) is 4.39 Å². The van der Waals surface area contributed by atoms with Crippen molar-refractivity contribution in [2.24, 2.45) is 0 Å². The van der Waals surface area contributed by atoms with E-state index in [1.165, 1.54) is 6.07 Å². The van der Waals surface area contributed by atoms with Crippen LogP contribution in [0.15, 0.2) is 34.9 Å². The van der Waals surface area contributed by atoms with Crippen LogP contribution in [0, 0.1) is 19.7 Å². The van der Waals surface area contributed by atoms with Gasteiger partial charge in [0.15, 0.2) is 0 Å². The quantitative estimate of drug-likeness (QED) is 0.820. The second-order valence-electron chi connectivity index (χ2n) is 3.76. The van der Waals surface area contributed by atoms with Crippen LogP contribution in [0.2, 0.25) is 0 Å². The van der Waals surface area contributed by atoms with Gasteiger partial charge in [0.2, 0.25) is 5.88 Å². The van der Waals surface area contributed by atoms with E-state index in [0.29, 0.717) is 17.2 Å². The number of nitrogens with zero attached hydrogens (tertiary/aromatic N) is 1. The maximum absolute atomic E-state index is 13.3. The van der Waals surface area contributed by atoms with E-state index >= 15 is 0 Å². The molecule has 0 aliphatic carbocycles. The van der Waals surface area contributed by atoms with Gasteiger partial charge in [-0.2, -0.15) is 0 Å². The first kappa shape index (κ1) is 12.0. The van der Waals surface area contributed by atoms with Crippen molar-refractivity contribution in [3.8, 4) is 11.6 Å². The summed E-state index contributed by atoms with van der Waals surface area (Å²) in [5, 5.41) is 0. The van der Waals surface area contributed by atoms with Gasteiger partial charge in [0, 0.05) is 12.3 Å². The molecule has 0 amide bonds. The van der Waals surface area contributed by atoms with Gasteiger partial charge in [-0.05, 0) is 53.0 Å². The maximum Gasteiger partial charge on any atom is 0.233 e. The fourth-order valence-corrected chi connectivity index (χ4v) is 1.65. The van der Waals surface area contributed by atoms with Gasteiger partial charge >= 0.3 is 0 Å². The third kappa shape index (κ3) is 2.64. The van der Waals surface area contributed by atoms with Crippen LogP contribution in [0.5, 0.6) is 11.6 Å². The number of hydrogen-bond acceptors (Lipinski definition) is 2. The molecule has 0 bridgehead atoms. The predicted octanol–water partition coefficient (Wildman–Crippen LogP) is 4.39. The Bertz CT molecular complexity index is 557. The van der Waals surface area contributed by atoms with Gasteiger partial charge in [-0.25, -0.2) is 9.37 Å². The van der Waals surface area contributed by atoms with Crippen LogP contribution in [0.4, 0.5) is 4.39 Å². The van der Waals surface area contributed by atoms with E-state index in [0.717, 1.165) is 10.0 Å². The molecule has 0 spiro atoms. The molecule has 2 aromatic rings. The first-order valence-electron chi connectivity index (χ1n) is 5.13. The lowest BCUT2D eigenvalue weighted by Gasteiger charge is -2.08. The number of rotatable bonds is 2. The van der Waals surface area contributed by atoms with Crippen molar-refractivity contribution in [1.29, 1.82) is 0 Å². The second-order valence-corrected chi connectivity index (χ2v) is 4.55. The third-order valence-electron chi connectivity index (χ3n) is 2.41. The van der Waals surface area contributed by atoms with Crippen molar-refractivity contribution in [3.05, 3.63) is 51.9 Å². The Morgan fingerprint density at radius 2 is 1.94 bits per heavy atom. The Kier molecular flexibility index (Phi) is 3.43. The molecule has 4 heteroatoms. The van der Waals surface area contributed by atoms with Crippen molar-refractivity contribution in [1.82, 2.24) is 4.98 Å². The number of halogens is 2. The lowest BCUT2D eigenvalue weighted by molar-refractivity contribution is 0.454. The van der Waals surface area contributed by atoms with Gasteiger partial charge in [0.25, 0.3) is 0 Å². The molecule has 0 fully saturated rings. The highest BCUT2D eigenvalue weighted by molar-refractivity contribution is 9.10. The van der Waals surface area contributed by atoms with Crippen LogP contribution in [-0.4, -0.2) is 4.98 Å². The Labute approximate surface area is 108 Å². The zero-order chi connectivity index (χ0) is 12.4. The van der Waals surface area contributed by atoms with Crippen LogP contribution >= 0.6 is 15.9 Å². The highest BCUT2D eigenvalue weighted by Gasteiger charge is 2.07. The summed E-state index contributed by atoms with van der Waals surface area (Å²) in [5.41, 5.74) is 1.61. The molecule has 0 unspecified atom stereocenters. The summed E-state index contributed by atoms with van der Waals surface area (Å²) in [6.07, 6.45) is 1.65. The minimum atomic E-state index is -0.286. The summed E-state index contributed by atoms with van der Waals surface area (Å²) >= 11 is 3.39. The van der Waals surface area contributed by atoms with Crippen molar-refractivity contribution in [2.45, 2.75) is 13.8 Å². The average Bonchev–Trinajstić information content (AvgIpc) is 2.30. The van der Waals surface area contributed by atoms with Crippen LogP contribution in [0.3, 0.4) is 0 Å². The molecule has 0 radical (unpaired) electrons. The lowest BCUT2D eigenvalue weighted by atomic mass is 10.2. The molecule has 2 nitrogen and oxygen atoms in total. The largest absolute Gasteiger partial charge is 0.438 e. The molecular formula is C13H11BrFNO. The third-order valence-corrected chi connectivity index (χ3v) is 3.37. The van der Waals surface area contributed by atoms with Gasteiger partial charge in [-0.3, -0.25) is 0 Å². The first-order valence-corrected chi connectivity index (χ1v) is 5.92. The fraction of sp³-hybridized carbons (Fsp3) is 0.154. The van der Waals surface area contributed by atoms with Crippen LogP contribution in [-0.2, 0) is 0 Å². The molecule has 0 atom stereocenters. The molecule has 1 heterocycles. The number of pyridine rings is 1. The molecule has 17 heavy (non-hydrogen) atoms. The van der Waals surface area contributed by atoms with E-state index in [1.807, 2.05) is 13.0 Å². The molecule has 88 valence electrons. The Morgan fingerprint density at radius 1 is 1.18 bits per heavy atom. The summed E-state index contributed by atoms with van der Waals surface area (Å²) in [6.45, 7) is 3.65. The van der Waals surface area contributed by atoms with E-state index in [1.54, 1.807) is 25.3 Å². The Morgan fingerprint density at radius 3 is 2.65 bits per heavy atom. The summed E-state index contributed by atoms with van der Waals surface area (Å²) < 4.78 is 19.7. The summed E-state index contributed by atoms with van der Waals surface area (Å²) in [5.74, 6) is 0.589.